The molecule has 0 aromatic carbocycles. The minimum Gasteiger partial charge on any atom is -0.343 e. The largest absolute Gasteiger partial charge is 0.343 e. The summed E-state index contributed by atoms with van der Waals surface area (Å²) >= 11 is 0. The molecule has 0 radical (unpaired) electrons. The Morgan fingerprint density at radius 3 is 1.27 bits per heavy atom. The van der Waals surface area contributed by atoms with E-state index in [1.54, 1.807) is 0 Å². The van der Waals surface area contributed by atoms with E-state index in [-0.39, 0.29) is 21.7 Å². The molecular weight excluding hydrogens is 216 g/mol. The Morgan fingerprint density at radius 1 is 0.600 bits per heavy atom. The zero-order valence-corrected chi connectivity index (χ0v) is 12.3. The molecule has 0 fully saturated rings. The van der Waals surface area contributed by atoms with Gasteiger partial charge in [0, 0.05) is 21.7 Å². The maximum Gasteiger partial charge on any atom is 0 e. The first-order chi connectivity index (χ1) is 6.91. The van der Waals surface area contributed by atoms with E-state index in [0.29, 0.717) is 0 Å². The van der Waals surface area contributed by atoms with E-state index in [9.17, 15) is 0 Å². The summed E-state index contributed by atoms with van der Waals surface area (Å²) in [5.41, 5.74) is 0. The maximum absolute atomic E-state index is 3.86. The molecule has 0 aromatic heterocycles. The molecule has 0 amide bonds. The van der Waals surface area contributed by atoms with Crippen molar-refractivity contribution in [2.24, 2.45) is 0 Å². The SMILES string of the molecule is [CH2-]CCCCCCCCCCCCC.[Ti]. The molecule has 0 saturated heterocycles. The fraction of sp³-hybridized carbons (Fsp3) is 0.929. The standard InChI is InChI=1S/C14H29.Ti/c1-3-5-7-9-11-13-14-12-10-8-6-4-2;/h1,3-14H2,2H3;/q-1;. The summed E-state index contributed by atoms with van der Waals surface area (Å²) in [7, 11) is 0. The van der Waals surface area contributed by atoms with Gasteiger partial charge < -0.3 is 6.92 Å². The van der Waals surface area contributed by atoms with Crippen molar-refractivity contribution in [2.45, 2.75) is 84.0 Å². The summed E-state index contributed by atoms with van der Waals surface area (Å²) in [6.07, 6.45) is 16.9. The zero-order chi connectivity index (χ0) is 10.5. The predicted octanol–water partition coefficient (Wildman–Crippen LogP) is 5.52. The van der Waals surface area contributed by atoms with Crippen LogP contribution in [0.15, 0.2) is 0 Å². The minimum absolute atomic E-state index is 0. The molecule has 0 aliphatic carbocycles. The minimum atomic E-state index is 0. The van der Waals surface area contributed by atoms with Gasteiger partial charge in [0.15, 0.2) is 0 Å². The monoisotopic (exact) mass is 245 g/mol. The topological polar surface area (TPSA) is 0 Å². The van der Waals surface area contributed by atoms with E-state index in [4.69, 9.17) is 0 Å². The summed E-state index contributed by atoms with van der Waals surface area (Å²) in [6, 6.07) is 0. The van der Waals surface area contributed by atoms with Crippen molar-refractivity contribution in [1.82, 2.24) is 0 Å². The van der Waals surface area contributed by atoms with Gasteiger partial charge in [0.2, 0.25) is 0 Å². The fourth-order valence-electron chi connectivity index (χ4n) is 1.84. The maximum atomic E-state index is 3.86. The fourth-order valence-corrected chi connectivity index (χ4v) is 1.84. The van der Waals surface area contributed by atoms with Crippen LogP contribution in [-0.2, 0) is 21.7 Å². The Balaban J connectivity index is 0. The normalized spacial score (nSPS) is 10.0. The molecule has 0 spiro atoms. The molecule has 0 N–H and O–H groups in total. The van der Waals surface area contributed by atoms with Crippen LogP contribution < -0.4 is 0 Å². The van der Waals surface area contributed by atoms with Crippen LogP contribution in [0.25, 0.3) is 0 Å². The summed E-state index contributed by atoms with van der Waals surface area (Å²) in [6.45, 7) is 6.14. The smallest absolute Gasteiger partial charge is 0 e. The average molecular weight is 245 g/mol. The van der Waals surface area contributed by atoms with Gasteiger partial charge in [-0.3, -0.25) is 0 Å². The summed E-state index contributed by atoms with van der Waals surface area (Å²) < 4.78 is 0. The Hall–Kier alpha value is 0.714. The van der Waals surface area contributed by atoms with Crippen LogP contribution in [0.4, 0.5) is 0 Å². The van der Waals surface area contributed by atoms with Crippen molar-refractivity contribution in [2.75, 3.05) is 0 Å². The van der Waals surface area contributed by atoms with Gasteiger partial charge >= 0.3 is 0 Å². The summed E-state index contributed by atoms with van der Waals surface area (Å²) in [5, 5.41) is 0. The van der Waals surface area contributed by atoms with Gasteiger partial charge in [-0.15, -0.1) is 0 Å². The molecule has 90 valence electrons. The Labute approximate surface area is 112 Å². The van der Waals surface area contributed by atoms with Crippen LogP contribution in [0.1, 0.15) is 84.0 Å². The van der Waals surface area contributed by atoms with Crippen LogP contribution >= 0.6 is 0 Å². The zero-order valence-electron chi connectivity index (χ0n) is 10.7. The second-order valence-corrected chi connectivity index (χ2v) is 4.39. The van der Waals surface area contributed by atoms with Gasteiger partial charge in [-0.05, 0) is 0 Å². The van der Waals surface area contributed by atoms with E-state index >= 15 is 0 Å². The van der Waals surface area contributed by atoms with Gasteiger partial charge in [-0.2, -0.15) is 6.42 Å². The molecule has 0 rings (SSSR count). The number of rotatable bonds is 11. The third kappa shape index (κ3) is 17.3. The van der Waals surface area contributed by atoms with Crippen molar-refractivity contribution >= 4 is 0 Å². The molecule has 15 heavy (non-hydrogen) atoms. The molecule has 0 aliphatic heterocycles. The number of unbranched alkanes of at least 4 members (excludes halogenated alkanes) is 11. The van der Waals surface area contributed by atoms with E-state index < -0.39 is 0 Å². The van der Waals surface area contributed by atoms with E-state index in [0.717, 1.165) is 6.42 Å². The first-order valence-corrected chi connectivity index (χ1v) is 6.71. The Bertz CT molecular complexity index is 79.3. The summed E-state index contributed by atoms with van der Waals surface area (Å²) in [4.78, 5) is 0. The van der Waals surface area contributed by atoms with Crippen molar-refractivity contribution in [3.05, 3.63) is 6.92 Å². The van der Waals surface area contributed by atoms with Crippen molar-refractivity contribution in [1.29, 1.82) is 0 Å². The van der Waals surface area contributed by atoms with Gasteiger partial charge in [0.25, 0.3) is 0 Å². The van der Waals surface area contributed by atoms with E-state index in [1.165, 1.54) is 70.6 Å². The molecular formula is C14H29Ti-. The van der Waals surface area contributed by atoms with Crippen molar-refractivity contribution < 1.29 is 21.7 Å². The number of hydrogen-bond donors (Lipinski definition) is 0. The first-order valence-electron chi connectivity index (χ1n) is 6.71. The second-order valence-electron chi connectivity index (χ2n) is 4.39. The molecule has 0 nitrogen and oxygen atoms in total. The Morgan fingerprint density at radius 2 is 0.933 bits per heavy atom. The molecule has 0 unspecified atom stereocenters. The summed E-state index contributed by atoms with van der Waals surface area (Å²) in [5.74, 6) is 0. The van der Waals surface area contributed by atoms with Crippen LogP contribution in [-0.4, -0.2) is 0 Å². The van der Waals surface area contributed by atoms with Gasteiger partial charge in [-0.25, -0.2) is 0 Å². The molecule has 0 aromatic rings. The van der Waals surface area contributed by atoms with Crippen LogP contribution in [0.3, 0.4) is 0 Å². The third-order valence-corrected chi connectivity index (χ3v) is 2.85. The molecule has 0 bridgehead atoms. The van der Waals surface area contributed by atoms with Crippen LogP contribution in [0.2, 0.25) is 0 Å². The number of hydrogen-bond acceptors (Lipinski definition) is 0. The molecule has 0 saturated carbocycles. The third-order valence-electron chi connectivity index (χ3n) is 2.85. The second kappa shape index (κ2) is 17.1. The van der Waals surface area contributed by atoms with Gasteiger partial charge in [0.1, 0.15) is 0 Å². The average Bonchev–Trinajstić information content (AvgIpc) is 2.21. The first kappa shape index (κ1) is 18.1. The quantitative estimate of drug-likeness (QED) is 0.255. The molecule has 0 aliphatic rings. The molecule has 1 heteroatoms. The van der Waals surface area contributed by atoms with Crippen LogP contribution in [0.5, 0.6) is 0 Å². The van der Waals surface area contributed by atoms with E-state index in [2.05, 4.69) is 13.8 Å². The molecule has 0 atom stereocenters. The molecule has 0 heterocycles. The predicted molar refractivity (Wildman–Crippen MR) is 66.4 cm³/mol. The van der Waals surface area contributed by atoms with Gasteiger partial charge in [-0.1, -0.05) is 77.6 Å². The Kier molecular flexibility index (Phi) is 20.6. The van der Waals surface area contributed by atoms with Crippen LogP contribution in [0, 0.1) is 6.92 Å². The van der Waals surface area contributed by atoms with Crippen molar-refractivity contribution in [3.8, 4) is 0 Å². The van der Waals surface area contributed by atoms with E-state index in [1.807, 2.05) is 0 Å². The van der Waals surface area contributed by atoms with Gasteiger partial charge in [0.05, 0.1) is 0 Å². The van der Waals surface area contributed by atoms with Crippen molar-refractivity contribution in [3.63, 3.8) is 0 Å².